The molecule has 53 heavy (non-hydrogen) atoms. The molecule has 2 fully saturated rings. The van der Waals surface area contributed by atoms with Gasteiger partial charge in [-0.05, 0) is 76.8 Å². The van der Waals surface area contributed by atoms with E-state index in [9.17, 15) is 26.6 Å². The van der Waals surface area contributed by atoms with Gasteiger partial charge in [0.25, 0.3) is 8.32 Å². The van der Waals surface area contributed by atoms with Crippen molar-refractivity contribution in [2.75, 3.05) is 6.54 Å². The number of rotatable bonds is 10. The van der Waals surface area contributed by atoms with Gasteiger partial charge in [-0.25, -0.2) is 22.5 Å². The summed E-state index contributed by atoms with van der Waals surface area (Å²) in [6.07, 6.45) is 0.341. The summed E-state index contributed by atoms with van der Waals surface area (Å²) in [4.78, 5) is 16.0. The fourth-order valence-electron chi connectivity index (χ4n) is 7.90. The van der Waals surface area contributed by atoms with Crippen molar-refractivity contribution in [2.45, 2.75) is 82.1 Å². The molecule has 282 valence electrons. The van der Waals surface area contributed by atoms with Crippen molar-refractivity contribution in [3.8, 4) is 11.1 Å². The van der Waals surface area contributed by atoms with Crippen molar-refractivity contribution in [3.05, 3.63) is 120 Å². The maximum Gasteiger partial charge on any atom is 0.492 e. The average molecular weight is 770 g/mol. The van der Waals surface area contributed by atoms with Gasteiger partial charge in [-0.15, -0.1) is 0 Å². The van der Waals surface area contributed by atoms with E-state index in [0.717, 1.165) is 10.4 Å². The van der Waals surface area contributed by atoms with E-state index >= 15 is 4.39 Å². The Bertz CT molecular complexity index is 2000. The van der Waals surface area contributed by atoms with Gasteiger partial charge in [-0.3, -0.25) is 4.79 Å². The molecular weight excluding hydrogens is 726 g/mol. The Morgan fingerprint density at radius 1 is 0.906 bits per heavy atom. The van der Waals surface area contributed by atoms with E-state index in [-0.39, 0.29) is 41.5 Å². The second-order valence-electron chi connectivity index (χ2n) is 15.1. The van der Waals surface area contributed by atoms with Crippen LogP contribution < -0.4 is 15.1 Å². The lowest BCUT2D eigenvalue weighted by Gasteiger charge is -2.49. The third-order valence-corrected chi connectivity index (χ3v) is 17.0. The minimum Gasteiger partial charge on any atom is -0.404 e. The third-order valence-electron chi connectivity index (χ3n) is 10.6. The molecule has 2 N–H and O–H groups in total. The number of hydrogen-bond acceptors (Lipinski definition) is 4. The van der Waals surface area contributed by atoms with Crippen LogP contribution in [0.25, 0.3) is 11.1 Å². The molecule has 6 rings (SSSR count). The molecule has 0 aromatic heterocycles. The van der Waals surface area contributed by atoms with Crippen molar-refractivity contribution in [3.63, 3.8) is 0 Å². The summed E-state index contributed by atoms with van der Waals surface area (Å²) >= 11 is 0. The second kappa shape index (κ2) is 14.7. The monoisotopic (exact) mass is 769 g/mol. The summed E-state index contributed by atoms with van der Waals surface area (Å²) in [5, 5.41) is 1.72. The number of aryl methyl sites for hydroxylation is 1. The molecule has 0 spiro atoms. The SMILES string of the molecule is Cc1cc(F)cc(-c2cccc(C[C@H]3[C@@H](NS(=N)(=O)C(F)(F)F)CCN3C(=O)[C@@H]3CC[C@H]3O[Si](c3ccccc3)(c3ccccc3)C(C)(C)C)c2F)c1. The molecule has 0 bridgehead atoms. The van der Waals surface area contributed by atoms with Gasteiger partial charge >= 0.3 is 5.51 Å². The van der Waals surface area contributed by atoms with Crippen molar-refractivity contribution in [1.82, 2.24) is 9.62 Å². The first-order valence-corrected chi connectivity index (χ1v) is 21.2. The first-order chi connectivity index (χ1) is 24.9. The fraction of sp³-hybridized carbons (Fsp3) is 0.375. The van der Waals surface area contributed by atoms with Crippen molar-refractivity contribution < 1.29 is 35.4 Å². The summed E-state index contributed by atoms with van der Waals surface area (Å²) < 4.78 is 101. The number of carbonyl (C=O) groups is 1. The largest absolute Gasteiger partial charge is 0.492 e. The minimum absolute atomic E-state index is 0.0153. The molecule has 4 aromatic rings. The number of hydrogen-bond donors (Lipinski definition) is 2. The number of carbonyl (C=O) groups excluding carboxylic acids is 1. The highest BCUT2D eigenvalue weighted by Gasteiger charge is 2.55. The van der Waals surface area contributed by atoms with Crippen LogP contribution in [0.1, 0.15) is 51.2 Å². The molecule has 1 saturated carbocycles. The summed E-state index contributed by atoms with van der Waals surface area (Å²) in [5.41, 5.74) is -4.30. The summed E-state index contributed by atoms with van der Waals surface area (Å²) in [7, 11) is -8.35. The maximum atomic E-state index is 16.2. The van der Waals surface area contributed by atoms with Crippen molar-refractivity contribution in [2.24, 2.45) is 5.92 Å². The van der Waals surface area contributed by atoms with Gasteiger partial charge in [-0.2, -0.15) is 13.2 Å². The highest BCUT2D eigenvalue weighted by molar-refractivity contribution is 7.91. The molecule has 1 amide bonds. The van der Waals surface area contributed by atoms with Crippen LogP contribution in [0.4, 0.5) is 22.0 Å². The predicted molar refractivity (Wildman–Crippen MR) is 199 cm³/mol. The summed E-state index contributed by atoms with van der Waals surface area (Å²) in [6.45, 7) is 8.09. The Morgan fingerprint density at radius 3 is 2.06 bits per heavy atom. The molecular formula is C40H44F5N3O3SSi. The molecule has 0 radical (unpaired) electrons. The Balaban J connectivity index is 1.34. The van der Waals surface area contributed by atoms with Gasteiger partial charge < -0.3 is 9.33 Å². The van der Waals surface area contributed by atoms with Crippen LogP contribution in [0.15, 0.2) is 97.1 Å². The molecule has 5 atom stereocenters. The van der Waals surface area contributed by atoms with E-state index in [4.69, 9.17) is 9.21 Å². The Hall–Kier alpha value is -3.91. The number of halogens is 5. The highest BCUT2D eigenvalue weighted by Crippen LogP contribution is 2.43. The van der Waals surface area contributed by atoms with E-state index in [1.165, 1.54) is 29.2 Å². The zero-order chi connectivity index (χ0) is 38.3. The minimum atomic E-state index is -5.36. The molecule has 1 aliphatic carbocycles. The number of nitrogens with one attached hydrogen (secondary N) is 2. The third kappa shape index (κ3) is 7.58. The van der Waals surface area contributed by atoms with Gasteiger partial charge in [-0.1, -0.05) is 106 Å². The number of likely N-dealkylation sites (tertiary alicyclic amines) is 1. The van der Waals surface area contributed by atoms with Crippen LogP contribution in [0, 0.1) is 29.3 Å². The van der Waals surface area contributed by atoms with Crippen molar-refractivity contribution >= 4 is 34.5 Å². The zero-order valence-electron chi connectivity index (χ0n) is 30.1. The maximum absolute atomic E-state index is 16.2. The lowest BCUT2D eigenvalue weighted by Crippen LogP contribution is -2.69. The highest BCUT2D eigenvalue weighted by atomic mass is 32.2. The van der Waals surface area contributed by atoms with Gasteiger partial charge in [0.15, 0.2) is 0 Å². The van der Waals surface area contributed by atoms with Gasteiger partial charge in [0.05, 0.1) is 18.1 Å². The zero-order valence-corrected chi connectivity index (χ0v) is 31.9. The number of alkyl halides is 3. The Labute approximate surface area is 309 Å². The first-order valence-electron chi connectivity index (χ1n) is 17.7. The average Bonchev–Trinajstić information content (AvgIpc) is 3.46. The van der Waals surface area contributed by atoms with Crippen LogP contribution in [-0.4, -0.2) is 53.6 Å². The lowest BCUT2D eigenvalue weighted by molar-refractivity contribution is -0.145. The molecule has 6 nitrogen and oxygen atoms in total. The molecule has 4 aromatic carbocycles. The van der Waals surface area contributed by atoms with Crippen LogP contribution in [0.2, 0.25) is 5.04 Å². The molecule has 13 heteroatoms. The standard InChI is InChI=1S/C40H44F5N3O3SSi/c1-26-22-28(24-29(41)23-26)32-17-11-12-27(37(32)42)25-35-34(47-52(46,50)40(43,44)45)20-21-48(35)38(49)33-18-19-36(33)51-53(39(2,3)4,30-13-7-5-8-14-30)31-15-9-6-10-16-31/h5-17,22-24,33-36H,18-21,25H2,1-4H3,(H2,46,47,50)/t33-,34+,35+,36-,52?/m1/s1. The number of amides is 1. The number of nitrogens with zero attached hydrogens (tertiary/aromatic N) is 1. The quantitative estimate of drug-likeness (QED) is 0.127. The molecule has 1 saturated heterocycles. The second-order valence-corrected chi connectivity index (χ2v) is 21.2. The molecule has 1 aliphatic heterocycles. The van der Waals surface area contributed by atoms with Crippen LogP contribution in [0.5, 0.6) is 0 Å². The van der Waals surface area contributed by atoms with Crippen LogP contribution in [-0.2, 0) is 25.6 Å². The van der Waals surface area contributed by atoms with E-state index < -0.39 is 59.5 Å². The molecule has 2 aliphatic rings. The van der Waals surface area contributed by atoms with E-state index in [1.54, 1.807) is 19.1 Å². The smallest absolute Gasteiger partial charge is 0.404 e. The lowest BCUT2D eigenvalue weighted by atomic mass is 9.80. The Morgan fingerprint density at radius 2 is 1.53 bits per heavy atom. The van der Waals surface area contributed by atoms with Gasteiger partial charge in [0, 0.05) is 18.2 Å². The van der Waals surface area contributed by atoms with Gasteiger partial charge in [0.2, 0.25) is 15.8 Å². The normalized spacial score (nSPS) is 21.9. The van der Waals surface area contributed by atoms with Crippen LogP contribution >= 0.6 is 0 Å². The number of benzene rings is 4. The molecule has 1 unspecified atom stereocenters. The summed E-state index contributed by atoms with van der Waals surface area (Å²) in [6, 6.07) is 26.4. The predicted octanol–water partition coefficient (Wildman–Crippen LogP) is 7.88. The fourth-order valence-corrected chi connectivity index (χ4v) is 13.5. The topological polar surface area (TPSA) is 82.5 Å². The van der Waals surface area contributed by atoms with E-state index in [0.29, 0.717) is 24.0 Å². The van der Waals surface area contributed by atoms with E-state index in [2.05, 4.69) is 45.0 Å². The van der Waals surface area contributed by atoms with E-state index in [1.807, 2.05) is 41.1 Å². The van der Waals surface area contributed by atoms with Crippen LogP contribution in [0.3, 0.4) is 0 Å². The van der Waals surface area contributed by atoms with Gasteiger partial charge in [0.1, 0.15) is 11.6 Å². The van der Waals surface area contributed by atoms with Crippen molar-refractivity contribution in [1.29, 1.82) is 4.78 Å². The Kier molecular flexibility index (Phi) is 10.8. The first kappa shape index (κ1) is 38.8. The molecule has 1 heterocycles. The summed E-state index contributed by atoms with van der Waals surface area (Å²) in [5.74, 6) is -2.20.